The van der Waals surface area contributed by atoms with Crippen molar-refractivity contribution in [1.82, 2.24) is 9.88 Å². The average Bonchev–Trinajstić information content (AvgIpc) is 3.68. The topological polar surface area (TPSA) is 36.4 Å². The highest BCUT2D eigenvalue weighted by Crippen LogP contribution is 2.40. The second-order valence-corrected chi connectivity index (χ2v) is 10.0. The van der Waals surface area contributed by atoms with Crippen molar-refractivity contribution in [1.29, 1.82) is 0 Å². The van der Waals surface area contributed by atoms with Gasteiger partial charge in [0.2, 0.25) is 0 Å². The van der Waals surface area contributed by atoms with Crippen LogP contribution in [0, 0.1) is 11.8 Å². The maximum Gasteiger partial charge on any atom is 0.263 e. The fourth-order valence-electron chi connectivity index (χ4n) is 5.12. The molecule has 0 bridgehead atoms. The summed E-state index contributed by atoms with van der Waals surface area (Å²) in [5.41, 5.74) is 4.41. The summed E-state index contributed by atoms with van der Waals surface area (Å²) in [5.74, 6) is 0.978. The number of alkyl halides is 2. The van der Waals surface area contributed by atoms with E-state index in [9.17, 15) is 13.6 Å². The van der Waals surface area contributed by atoms with Crippen LogP contribution >= 0.6 is 0 Å². The number of hydrogen-bond donors (Lipinski definition) is 0. The molecular weight excluding hydrogens is 432 g/mol. The first-order valence-electron chi connectivity index (χ1n) is 12.2. The van der Waals surface area contributed by atoms with Gasteiger partial charge in [0.05, 0.1) is 16.8 Å². The standard InChI is InChI=1S/C28H31F2N3O/c1-32(2)17-18-11-13-33(14-12-18)26-23-15-22(19-3-7-21(8-4-19)28(29)30)9-10-25(23)31-16-24(26)27(34)20-5-6-20/h3-4,7-10,15-16,18,20,28H,5-6,11-14,17H2,1-2H3. The number of piperidine rings is 1. The number of hydrogen-bond acceptors (Lipinski definition) is 4. The molecule has 1 saturated heterocycles. The summed E-state index contributed by atoms with van der Waals surface area (Å²) < 4.78 is 26.0. The van der Waals surface area contributed by atoms with Crippen molar-refractivity contribution in [3.05, 3.63) is 59.8 Å². The second kappa shape index (κ2) is 9.41. The summed E-state index contributed by atoms with van der Waals surface area (Å²) in [6.45, 7) is 2.91. The number of fused-ring (bicyclic) bond motifs is 1. The zero-order valence-corrected chi connectivity index (χ0v) is 19.8. The monoisotopic (exact) mass is 463 g/mol. The van der Waals surface area contributed by atoms with Crippen molar-refractivity contribution >= 4 is 22.4 Å². The molecule has 1 aromatic heterocycles. The van der Waals surface area contributed by atoms with Crippen LogP contribution in [0.1, 0.15) is 48.0 Å². The lowest BCUT2D eigenvalue weighted by atomic mass is 9.93. The molecule has 178 valence electrons. The molecule has 1 saturated carbocycles. The first-order valence-corrected chi connectivity index (χ1v) is 12.2. The Morgan fingerprint density at radius 1 is 1.03 bits per heavy atom. The quantitative estimate of drug-likeness (QED) is 0.390. The molecule has 1 aliphatic carbocycles. The summed E-state index contributed by atoms with van der Waals surface area (Å²) >= 11 is 0. The van der Waals surface area contributed by atoms with Gasteiger partial charge in [-0.25, -0.2) is 8.78 Å². The minimum atomic E-state index is -2.48. The van der Waals surface area contributed by atoms with Gasteiger partial charge in [0.1, 0.15) is 0 Å². The van der Waals surface area contributed by atoms with E-state index < -0.39 is 6.43 Å². The van der Waals surface area contributed by atoms with Crippen LogP contribution in [0.2, 0.25) is 0 Å². The highest BCUT2D eigenvalue weighted by Gasteiger charge is 2.34. The molecule has 5 rings (SSSR count). The van der Waals surface area contributed by atoms with E-state index in [-0.39, 0.29) is 17.3 Å². The lowest BCUT2D eigenvalue weighted by Gasteiger charge is -2.36. The van der Waals surface area contributed by atoms with E-state index in [2.05, 4.69) is 34.9 Å². The highest BCUT2D eigenvalue weighted by molar-refractivity contribution is 6.10. The first-order chi connectivity index (χ1) is 16.4. The van der Waals surface area contributed by atoms with E-state index in [4.69, 9.17) is 0 Å². The number of carbonyl (C=O) groups is 1. The lowest BCUT2D eigenvalue weighted by molar-refractivity contribution is 0.0967. The Labute approximate surface area is 199 Å². The molecule has 6 heteroatoms. The number of halogens is 2. The zero-order valence-electron chi connectivity index (χ0n) is 19.8. The molecule has 2 heterocycles. The van der Waals surface area contributed by atoms with Crippen LogP contribution in [0.4, 0.5) is 14.5 Å². The van der Waals surface area contributed by atoms with Gasteiger partial charge < -0.3 is 9.80 Å². The van der Waals surface area contributed by atoms with Crippen molar-refractivity contribution in [3.63, 3.8) is 0 Å². The Hall–Kier alpha value is -2.86. The van der Waals surface area contributed by atoms with E-state index in [1.165, 1.54) is 12.1 Å². The molecule has 34 heavy (non-hydrogen) atoms. The lowest BCUT2D eigenvalue weighted by Crippen LogP contribution is -2.38. The van der Waals surface area contributed by atoms with Crippen molar-refractivity contribution in [2.75, 3.05) is 38.6 Å². The number of Topliss-reactive ketones (excluding diaryl/α,β-unsaturated/α-hetero) is 1. The number of benzene rings is 2. The van der Waals surface area contributed by atoms with Gasteiger partial charge in [-0.1, -0.05) is 30.3 Å². The summed E-state index contributed by atoms with van der Waals surface area (Å²) in [5, 5.41) is 0.966. The average molecular weight is 464 g/mol. The maximum atomic E-state index is 13.2. The van der Waals surface area contributed by atoms with E-state index in [1.807, 2.05) is 12.1 Å². The molecule has 2 fully saturated rings. The van der Waals surface area contributed by atoms with Crippen LogP contribution in [0.5, 0.6) is 0 Å². The van der Waals surface area contributed by atoms with Gasteiger partial charge in [-0.15, -0.1) is 0 Å². The number of ketones is 1. The third kappa shape index (κ3) is 4.69. The van der Waals surface area contributed by atoms with E-state index in [0.717, 1.165) is 78.6 Å². The predicted octanol–water partition coefficient (Wildman–Crippen LogP) is 6.21. The minimum Gasteiger partial charge on any atom is -0.370 e. The summed E-state index contributed by atoms with van der Waals surface area (Å²) in [4.78, 5) is 22.5. The Morgan fingerprint density at radius 2 is 1.71 bits per heavy atom. The molecule has 1 aliphatic heterocycles. The van der Waals surface area contributed by atoms with Crippen LogP contribution in [0.3, 0.4) is 0 Å². The molecule has 2 aliphatic rings. The summed E-state index contributed by atoms with van der Waals surface area (Å²) in [6.07, 6.45) is 3.38. The third-order valence-electron chi connectivity index (χ3n) is 7.10. The van der Waals surface area contributed by atoms with Crippen molar-refractivity contribution in [3.8, 4) is 11.1 Å². The minimum absolute atomic E-state index is 0.0183. The third-order valence-corrected chi connectivity index (χ3v) is 7.10. The molecule has 3 aromatic rings. The molecule has 0 atom stereocenters. The van der Waals surface area contributed by atoms with E-state index in [0.29, 0.717) is 5.92 Å². The normalized spacial score (nSPS) is 17.2. The van der Waals surface area contributed by atoms with Crippen molar-refractivity contribution in [2.24, 2.45) is 11.8 Å². The van der Waals surface area contributed by atoms with E-state index in [1.54, 1.807) is 18.3 Å². The molecule has 2 aromatic carbocycles. The number of rotatable bonds is 7. The Kier molecular flexibility index (Phi) is 6.34. The summed E-state index contributed by atoms with van der Waals surface area (Å²) in [7, 11) is 4.23. The number of aromatic nitrogens is 1. The largest absolute Gasteiger partial charge is 0.370 e. The fraction of sp³-hybridized carbons (Fsp3) is 0.429. The highest BCUT2D eigenvalue weighted by atomic mass is 19.3. The number of nitrogens with zero attached hydrogens (tertiary/aromatic N) is 3. The van der Waals surface area contributed by atoms with Crippen molar-refractivity contribution < 1.29 is 13.6 Å². The Bertz CT molecular complexity index is 1180. The van der Waals surface area contributed by atoms with Crippen molar-refractivity contribution in [2.45, 2.75) is 32.1 Å². The van der Waals surface area contributed by atoms with Crippen LogP contribution in [-0.2, 0) is 0 Å². The Morgan fingerprint density at radius 3 is 2.32 bits per heavy atom. The molecule has 4 nitrogen and oxygen atoms in total. The maximum absolute atomic E-state index is 13.2. The van der Waals surface area contributed by atoms with Gasteiger partial charge >= 0.3 is 0 Å². The fourth-order valence-corrected chi connectivity index (χ4v) is 5.12. The smallest absolute Gasteiger partial charge is 0.263 e. The van der Waals surface area contributed by atoms with Crippen LogP contribution in [0.25, 0.3) is 22.0 Å². The summed E-state index contributed by atoms with van der Waals surface area (Å²) in [6, 6.07) is 12.5. The molecule has 0 unspecified atom stereocenters. The van der Waals surface area contributed by atoms with Gasteiger partial charge in [0.15, 0.2) is 5.78 Å². The second-order valence-electron chi connectivity index (χ2n) is 10.0. The van der Waals surface area contributed by atoms with Gasteiger partial charge in [0, 0.05) is 42.7 Å². The number of carbonyl (C=O) groups excluding carboxylic acids is 1. The van der Waals surface area contributed by atoms with Crippen LogP contribution in [0.15, 0.2) is 48.7 Å². The molecule has 0 N–H and O–H groups in total. The van der Waals surface area contributed by atoms with Gasteiger partial charge in [-0.05, 0) is 69.0 Å². The number of pyridine rings is 1. The predicted molar refractivity (Wildman–Crippen MR) is 133 cm³/mol. The zero-order chi connectivity index (χ0) is 23.8. The number of anilines is 1. The van der Waals surface area contributed by atoms with E-state index >= 15 is 0 Å². The Balaban J connectivity index is 1.55. The van der Waals surface area contributed by atoms with Gasteiger partial charge in [-0.3, -0.25) is 9.78 Å². The first kappa shape index (κ1) is 22.9. The SMILES string of the molecule is CN(C)CC1CCN(c2c(C(=O)C3CC3)cnc3ccc(-c4ccc(C(F)F)cc4)cc23)CC1. The van der Waals surface area contributed by atoms with Crippen LogP contribution < -0.4 is 4.90 Å². The van der Waals surface area contributed by atoms with Gasteiger partial charge in [0.25, 0.3) is 6.43 Å². The van der Waals surface area contributed by atoms with Gasteiger partial charge in [-0.2, -0.15) is 0 Å². The molecule has 0 radical (unpaired) electrons. The molecule has 0 spiro atoms. The molecule has 0 amide bonds. The molecular formula is C28H31F2N3O. The van der Waals surface area contributed by atoms with Crippen LogP contribution in [-0.4, -0.2) is 49.4 Å².